The van der Waals surface area contributed by atoms with E-state index in [0.717, 1.165) is 19.2 Å². The number of rotatable bonds is 8. The van der Waals surface area contributed by atoms with Crippen LogP contribution in [-0.4, -0.2) is 37.0 Å². The third-order valence-corrected chi connectivity index (χ3v) is 4.52. The Morgan fingerprint density at radius 1 is 0.938 bits per heavy atom. The number of carbonyl (C=O) groups excluding carboxylic acids is 3. The molecule has 0 unspecified atom stereocenters. The van der Waals surface area contributed by atoms with Gasteiger partial charge in [0.25, 0.3) is 0 Å². The molecule has 2 amide bonds. The lowest BCUT2D eigenvalue weighted by molar-refractivity contribution is -0.145. The molecule has 2 aromatic rings. The third kappa shape index (κ3) is 7.36. The largest absolute Gasteiger partial charge is 0.467 e. The molecule has 0 spiro atoms. The van der Waals surface area contributed by atoms with Crippen LogP contribution in [0.25, 0.3) is 0 Å². The molecule has 0 aliphatic rings. The van der Waals surface area contributed by atoms with Gasteiger partial charge in [-0.2, -0.15) is 13.2 Å². The summed E-state index contributed by atoms with van der Waals surface area (Å²) in [5.74, 6) is -2.70. The molecule has 6 nitrogen and oxygen atoms in total. The van der Waals surface area contributed by atoms with E-state index < -0.39 is 47.4 Å². The van der Waals surface area contributed by atoms with Crippen molar-refractivity contribution in [3.05, 3.63) is 71.0 Å². The molecule has 0 fully saturated rings. The van der Waals surface area contributed by atoms with Gasteiger partial charge in [-0.05, 0) is 29.3 Å². The smallest absolute Gasteiger partial charge is 0.416 e. The molecule has 32 heavy (non-hydrogen) atoms. The average molecular weight is 454 g/mol. The zero-order valence-corrected chi connectivity index (χ0v) is 17.3. The van der Waals surface area contributed by atoms with Gasteiger partial charge in [0.15, 0.2) is 0 Å². The first kappa shape index (κ1) is 24.8. The van der Waals surface area contributed by atoms with Crippen LogP contribution in [0.2, 0.25) is 0 Å². The van der Waals surface area contributed by atoms with E-state index >= 15 is 0 Å². The number of amides is 2. The lowest BCUT2D eigenvalue weighted by atomic mass is 10.0. The second kappa shape index (κ2) is 10.7. The quantitative estimate of drug-likeness (QED) is 0.475. The molecular weight excluding hydrogens is 432 g/mol. The van der Waals surface area contributed by atoms with Crippen LogP contribution in [0.4, 0.5) is 17.6 Å². The van der Waals surface area contributed by atoms with Crippen molar-refractivity contribution in [2.75, 3.05) is 7.11 Å². The Morgan fingerprint density at radius 2 is 1.53 bits per heavy atom. The van der Waals surface area contributed by atoms with Crippen molar-refractivity contribution in [3.8, 4) is 0 Å². The molecular formula is C22H22F4N2O4. The molecule has 172 valence electrons. The Morgan fingerprint density at radius 3 is 2.09 bits per heavy atom. The van der Waals surface area contributed by atoms with Crippen molar-refractivity contribution < 1.29 is 36.7 Å². The van der Waals surface area contributed by atoms with Gasteiger partial charge >= 0.3 is 12.1 Å². The van der Waals surface area contributed by atoms with Gasteiger partial charge in [-0.15, -0.1) is 0 Å². The van der Waals surface area contributed by atoms with Crippen molar-refractivity contribution >= 4 is 17.8 Å². The number of esters is 1. The average Bonchev–Trinajstić information content (AvgIpc) is 2.71. The van der Waals surface area contributed by atoms with E-state index in [9.17, 15) is 31.9 Å². The summed E-state index contributed by atoms with van der Waals surface area (Å²) < 4.78 is 57.1. The molecule has 0 saturated heterocycles. The van der Waals surface area contributed by atoms with Gasteiger partial charge in [-0.25, -0.2) is 9.18 Å². The number of methoxy groups -OCH3 is 1. The first-order valence-corrected chi connectivity index (χ1v) is 9.55. The predicted molar refractivity (Wildman–Crippen MR) is 107 cm³/mol. The number of nitrogens with one attached hydrogen (secondary N) is 2. The minimum Gasteiger partial charge on any atom is -0.467 e. The normalized spacial score (nSPS) is 13.1. The van der Waals surface area contributed by atoms with Crippen LogP contribution in [0.15, 0.2) is 48.5 Å². The van der Waals surface area contributed by atoms with Crippen LogP contribution in [0.3, 0.4) is 0 Å². The fourth-order valence-corrected chi connectivity index (χ4v) is 3.07. The first-order valence-electron chi connectivity index (χ1n) is 9.55. The fourth-order valence-electron chi connectivity index (χ4n) is 3.07. The molecule has 2 atom stereocenters. The highest BCUT2D eigenvalue weighted by atomic mass is 19.4. The molecule has 0 radical (unpaired) electrons. The highest BCUT2D eigenvalue weighted by Gasteiger charge is 2.31. The minimum absolute atomic E-state index is 0.0688. The van der Waals surface area contributed by atoms with E-state index in [0.29, 0.717) is 5.56 Å². The monoisotopic (exact) mass is 454 g/mol. The predicted octanol–water partition coefficient (Wildman–Crippen LogP) is 2.79. The number of ether oxygens (including phenoxy) is 1. The number of alkyl halides is 3. The van der Waals surface area contributed by atoms with Crippen molar-refractivity contribution in [1.29, 1.82) is 0 Å². The standard InChI is InChI=1S/C22H22F4N2O4/c1-13(29)27-18(11-15-6-4-8-17(23)10-15)20(30)28-19(21(31)32-2)12-14-5-3-7-16(9-14)22(24,25)26/h3-10,18-19H,11-12H2,1-2H3,(H,27,29)(H,28,30)/t18-,19-/m1/s1. The Bertz CT molecular complexity index is 978. The van der Waals surface area contributed by atoms with Gasteiger partial charge in [0.2, 0.25) is 11.8 Å². The van der Waals surface area contributed by atoms with E-state index in [1.807, 2.05) is 0 Å². The summed E-state index contributed by atoms with van der Waals surface area (Å²) >= 11 is 0. The summed E-state index contributed by atoms with van der Waals surface area (Å²) in [5, 5.41) is 4.84. The van der Waals surface area contributed by atoms with E-state index in [1.54, 1.807) is 6.07 Å². The van der Waals surface area contributed by atoms with Crippen molar-refractivity contribution in [2.24, 2.45) is 0 Å². The summed E-state index contributed by atoms with van der Waals surface area (Å²) in [4.78, 5) is 36.5. The summed E-state index contributed by atoms with van der Waals surface area (Å²) in [7, 11) is 1.08. The minimum atomic E-state index is -4.57. The molecule has 0 aliphatic heterocycles. The van der Waals surface area contributed by atoms with Crippen molar-refractivity contribution in [3.63, 3.8) is 0 Å². The summed E-state index contributed by atoms with van der Waals surface area (Å²) in [6, 6.07) is 7.31. The lowest BCUT2D eigenvalue weighted by Crippen LogP contribution is -2.53. The number of hydrogen-bond donors (Lipinski definition) is 2. The van der Waals surface area contributed by atoms with Gasteiger partial charge in [0, 0.05) is 19.8 Å². The fraction of sp³-hybridized carbons (Fsp3) is 0.318. The molecule has 0 aliphatic carbocycles. The van der Waals surface area contributed by atoms with Crippen molar-refractivity contribution in [1.82, 2.24) is 10.6 Å². The Hall–Kier alpha value is -3.43. The maximum absolute atomic E-state index is 13.5. The number of halogens is 4. The molecule has 0 heterocycles. The van der Waals surface area contributed by atoms with E-state index in [-0.39, 0.29) is 18.4 Å². The Kier molecular flexibility index (Phi) is 8.34. The van der Waals surface area contributed by atoms with Gasteiger partial charge in [0.1, 0.15) is 17.9 Å². The first-order chi connectivity index (χ1) is 15.0. The van der Waals surface area contributed by atoms with Crippen molar-refractivity contribution in [2.45, 2.75) is 38.0 Å². The molecule has 2 rings (SSSR count). The molecule has 0 bridgehead atoms. The molecule has 0 saturated carbocycles. The maximum atomic E-state index is 13.5. The van der Waals surface area contributed by atoms with Gasteiger partial charge < -0.3 is 15.4 Å². The second-order valence-electron chi connectivity index (χ2n) is 7.07. The molecule has 2 N–H and O–H groups in total. The summed E-state index contributed by atoms with van der Waals surface area (Å²) in [6.45, 7) is 1.19. The zero-order valence-electron chi connectivity index (χ0n) is 17.3. The van der Waals surface area contributed by atoms with Crippen LogP contribution in [0, 0.1) is 5.82 Å². The van der Waals surface area contributed by atoms with Gasteiger partial charge in [-0.1, -0.05) is 30.3 Å². The number of carbonyl (C=O) groups is 3. The highest BCUT2D eigenvalue weighted by molar-refractivity contribution is 5.90. The van der Waals surface area contributed by atoms with E-state index in [2.05, 4.69) is 15.4 Å². The lowest BCUT2D eigenvalue weighted by Gasteiger charge is -2.22. The second-order valence-corrected chi connectivity index (χ2v) is 7.07. The van der Waals surface area contributed by atoms with Gasteiger partial charge in [0.05, 0.1) is 12.7 Å². The Labute approximate surface area is 181 Å². The van der Waals surface area contributed by atoms with Crippen LogP contribution in [-0.2, 0) is 38.1 Å². The SMILES string of the molecule is COC(=O)[C@@H](Cc1cccc(C(F)(F)F)c1)NC(=O)[C@@H](Cc1cccc(F)c1)NC(C)=O. The van der Waals surface area contributed by atoms with Crippen LogP contribution in [0.5, 0.6) is 0 Å². The number of hydrogen-bond acceptors (Lipinski definition) is 4. The van der Waals surface area contributed by atoms with E-state index in [4.69, 9.17) is 0 Å². The van der Waals surface area contributed by atoms with Crippen LogP contribution < -0.4 is 10.6 Å². The van der Waals surface area contributed by atoms with Crippen LogP contribution >= 0.6 is 0 Å². The molecule has 0 aromatic heterocycles. The van der Waals surface area contributed by atoms with E-state index in [1.165, 1.54) is 37.3 Å². The Balaban J connectivity index is 2.22. The topological polar surface area (TPSA) is 84.5 Å². The van der Waals surface area contributed by atoms with Crippen LogP contribution in [0.1, 0.15) is 23.6 Å². The number of benzene rings is 2. The zero-order chi connectivity index (χ0) is 23.9. The highest BCUT2D eigenvalue weighted by Crippen LogP contribution is 2.29. The van der Waals surface area contributed by atoms with Gasteiger partial charge in [-0.3, -0.25) is 9.59 Å². The summed E-state index contributed by atoms with van der Waals surface area (Å²) in [6.07, 6.45) is -4.91. The summed E-state index contributed by atoms with van der Waals surface area (Å²) in [5.41, 5.74) is -0.324. The molecule has 10 heteroatoms. The third-order valence-electron chi connectivity index (χ3n) is 4.52. The molecule has 2 aromatic carbocycles. The maximum Gasteiger partial charge on any atom is 0.416 e.